The van der Waals surface area contributed by atoms with Crippen molar-refractivity contribution in [3.63, 3.8) is 0 Å². The third-order valence-electron chi connectivity index (χ3n) is 2.76. The molecule has 0 aromatic carbocycles. The van der Waals surface area contributed by atoms with Crippen molar-refractivity contribution < 1.29 is 4.74 Å². The van der Waals surface area contributed by atoms with E-state index in [-0.39, 0.29) is 0 Å². The quantitative estimate of drug-likeness (QED) is 0.735. The third-order valence-corrected chi connectivity index (χ3v) is 3.35. The first-order valence-corrected chi connectivity index (χ1v) is 6.64. The molecule has 4 heteroatoms. The predicted molar refractivity (Wildman–Crippen MR) is 62.8 cm³/mol. The lowest BCUT2D eigenvalue weighted by Crippen LogP contribution is -2.44. The van der Waals surface area contributed by atoms with Crippen LogP contribution in [0, 0.1) is 5.92 Å². The normalized spacial score (nSPS) is 28.3. The molecule has 1 saturated heterocycles. The molecule has 1 fully saturated rings. The molecule has 0 spiro atoms. The molecule has 0 bridgehead atoms. The Morgan fingerprint density at radius 3 is 3.00 bits per heavy atom. The van der Waals surface area contributed by atoms with Crippen molar-refractivity contribution in [1.29, 1.82) is 0 Å². The van der Waals surface area contributed by atoms with Crippen LogP contribution in [0.5, 0.6) is 0 Å². The average molecular weight is 218 g/mol. The molecule has 0 amide bonds. The fourth-order valence-electron chi connectivity index (χ4n) is 1.74. The lowest BCUT2D eigenvalue weighted by atomic mass is 9.96. The molecule has 0 aromatic heterocycles. The standard InChI is InChI=1S/C10H22N2OS/c1-12(4-6-14-2)7-9-8-13-5-3-10(9)11/h9-10H,3-8,11H2,1-2H3. The molecule has 3 nitrogen and oxygen atoms in total. The molecule has 1 heterocycles. The van der Waals surface area contributed by atoms with Crippen LogP contribution >= 0.6 is 11.8 Å². The summed E-state index contributed by atoms with van der Waals surface area (Å²) in [7, 11) is 2.16. The minimum absolute atomic E-state index is 0.334. The van der Waals surface area contributed by atoms with Crippen LogP contribution in [0.3, 0.4) is 0 Å². The summed E-state index contributed by atoms with van der Waals surface area (Å²) in [6.45, 7) is 3.89. The molecule has 14 heavy (non-hydrogen) atoms. The van der Waals surface area contributed by atoms with Gasteiger partial charge in [-0.2, -0.15) is 11.8 Å². The van der Waals surface area contributed by atoms with Gasteiger partial charge in [0.1, 0.15) is 0 Å². The highest BCUT2D eigenvalue weighted by molar-refractivity contribution is 7.98. The second-order valence-electron chi connectivity index (χ2n) is 4.04. The summed E-state index contributed by atoms with van der Waals surface area (Å²) in [5.74, 6) is 1.72. The summed E-state index contributed by atoms with van der Waals surface area (Å²) in [6.07, 6.45) is 3.16. The van der Waals surface area contributed by atoms with E-state index in [0.29, 0.717) is 12.0 Å². The summed E-state index contributed by atoms with van der Waals surface area (Å²) < 4.78 is 5.45. The second-order valence-corrected chi connectivity index (χ2v) is 5.03. The molecule has 0 saturated carbocycles. The summed E-state index contributed by atoms with van der Waals surface area (Å²) >= 11 is 1.89. The highest BCUT2D eigenvalue weighted by Crippen LogP contribution is 2.13. The van der Waals surface area contributed by atoms with Crippen LogP contribution in [0.25, 0.3) is 0 Å². The molecule has 2 atom stereocenters. The Hall–Kier alpha value is 0.230. The lowest BCUT2D eigenvalue weighted by Gasteiger charge is -2.31. The summed E-state index contributed by atoms with van der Waals surface area (Å²) in [6, 6.07) is 0.334. The van der Waals surface area contributed by atoms with Crippen molar-refractivity contribution in [2.75, 3.05) is 45.4 Å². The summed E-state index contributed by atoms with van der Waals surface area (Å²) in [4.78, 5) is 2.36. The molecule has 2 N–H and O–H groups in total. The van der Waals surface area contributed by atoms with E-state index in [0.717, 1.165) is 32.7 Å². The number of hydrogen-bond acceptors (Lipinski definition) is 4. The maximum absolute atomic E-state index is 6.04. The summed E-state index contributed by atoms with van der Waals surface area (Å²) in [5.41, 5.74) is 6.04. The Balaban J connectivity index is 2.20. The number of ether oxygens (including phenoxy) is 1. The molecular weight excluding hydrogens is 196 g/mol. The van der Waals surface area contributed by atoms with Crippen LogP contribution in [0.15, 0.2) is 0 Å². The van der Waals surface area contributed by atoms with Crippen LogP contribution in [-0.4, -0.2) is 56.3 Å². The Morgan fingerprint density at radius 2 is 2.36 bits per heavy atom. The SMILES string of the molecule is CSCCN(C)CC1COCCC1N. The minimum Gasteiger partial charge on any atom is -0.381 e. The van der Waals surface area contributed by atoms with Crippen molar-refractivity contribution in [3.05, 3.63) is 0 Å². The van der Waals surface area contributed by atoms with E-state index in [4.69, 9.17) is 10.5 Å². The molecule has 1 rings (SSSR count). The van der Waals surface area contributed by atoms with Crippen LogP contribution in [0.2, 0.25) is 0 Å². The van der Waals surface area contributed by atoms with Gasteiger partial charge < -0.3 is 15.4 Å². The Morgan fingerprint density at radius 1 is 1.57 bits per heavy atom. The maximum Gasteiger partial charge on any atom is 0.0521 e. The average Bonchev–Trinajstić information content (AvgIpc) is 2.18. The molecule has 0 radical (unpaired) electrons. The van der Waals surface area contributed by atoms with Gasteiger partial charge in [0.2, 0.25) is 0 Å². The lowest BCUT2D eigenvalue weighted by molar-refractivity contribution is 0.0302. The first-order valence-electron chi connectivity index (χ1n) is 5.25. The van der Waals surface area contributed by atoms with Gasteiger partial charge in [0.25, 0.3) is 0 Å². The first-order chi connectivity index (χ1) is 6.74. The van der Waals surface area contributed by atoms with E-state index in [1.807, 2.05) is 11.8 Å². The van der Waals surface area contributed by atoms with Gasteiger partial charge in [-0.1, -0.05) is 0 Å². The molecule has 2 unspecified atom stereocenters. The van der Waals surface area contributed by atoms with Crippen molar-refractivity contribution in [3.8, 4) is 0 Å². The number of thioether (sulfide) groups is 1. The highest BCUT2D eigenvalue weighted by Gasteiger charge is 2.23. The van der Waals surface area contributed by atoms with Gasteiger partial charge >= 0.3 is 0 Å². The van der Waals surface area contributed by atoms with Crippen LogP contribution < -0.4 is 5.73 Å². The van der Waals surface area contributed by atoms with E-state index in [9.17, 15) is 0 Å². The van der Waals surface area contributed by atoms with Crippen LogP contribution in [0.4, 0.5) is 0 Å². The van der Waals surface area contributed by atoms with Crippen molar-refractivity contribution in [2.45, 2.75) is 12.5 Å². The van der Waals surface area contributed by atoms with Gasteiger partial charge in [-0.15, -0.1) is 0 Å². The number of hydrogen-bond donors (Lipinski definition) is 1. The summed E-state index contributed by atoms with van der Waals surface area (Å²) in [5, 5.41) is 0. The highest BCUT2D eigenvalue weighted by atomic mass is 32.2. The first kappa shape index (κ1) is 12.3. The van der Waals surface area contributed by atoms with E-state index >= 15 is 0 Å². The Labute approximate surface area is 91.4 Å². The van der Waals surface area contributed by atoms with Crippen molar-refractivity contribution >= 4 is 11.8 Å². The molecule has 1 aliphatic heterocycles. The number of nitrogens with two attached hydrogens (primary N) is 1. The van der Waals surface area contributed by atoms with E-state index in [1.165, 1.54) is 5.75 Å². The topological polar surface area (TPSA) is 38.5 Å². The molecule has 0 aromatic rings. The Bertz CT molecular complexity index is 157. The van der Waals surface area contributed by atoms with Gasteiger partial charge in [-0.25, -0.2) is 0 Å². The van der Waals surface area contributed by atoms with Gasteiger partial charge in [-0.05, 0) is 19.7 Å². The minimum atomic E-state index is 0.334. The van der Waals surface area contributed by atoms with E-state index in [2.05, 4.69) is 18.2 Å². The molecule has 0 aliphatic carbocycles. The largest absolute Gasteiger partial charge is 0.381 e. The van der Waals surface area contributed by atoms with E-state index in [1.54, 1.807) is 0 Å². The van der Waals surface area contributed by atoms with Crippen LogP contribution in [-0.2, 0) is 4.74 Å². The van der Waals surface area contributed by atoms with Crippen molar-refractivity contribution in [2.24, 2.45) is 11.7 Å². The van der Waals surface area contributed by atoms with Gasteiger partial charge in [-0.3, -0.25) is 0 Å². The van der Waals surface area contributed by atoms with Gasteiger partial charge in [0, 0.05) is 37.4 Å². The smallest absolute Gasteiger partial charge is 0.0521 e. The fraction of sp³-hybridized carbons (Fsp3) is 1.00. The zero-order chi connectivity index (χ0) is 10.4. The van der Waals surface area contributed by atoms with Crippen LogP contribution in [0.1, 0.15) is 6.42 Å². The number of rotatable bonds is 5. The zero-order valence-corrected chi connectivity index (χ0v) is 10.1. The maximum atomic E-state index is 6.04. The van der Waals surface area contributed by atoms with E-state index < -0.39 is 0 Å². The molecule has 1 aliphatic rings. The van der Waals surface area contributed by atoms with Gasteiger partial charge in [0.15, 0.2) is 0 Å². The second kappa shape index (κ2) is 6.67. The zero-order valence-electron chi connectivity index (χ0n) is 9.24. The van der Waals surface area contributed by atoms with Gasteiger partial charge in [0.05, 0.1) is 6.61 Å². The third kappa shape index (κ3) is 4.17. The fourth-order valence-corrected chi connectivity index (χ4v) is 2.23. The predicted octanol–water partition coefficient (Wildman–Crippen LogP) is 0.645. The monoisotopic (exact) mass is 218 g/mol. The molecular formula is C10H22N2OS. The number of nitrogens with zero attached hydrogens (tertiary/aromatic N) is 1. The van der Waals surface area contributed by atoms with Crippen molar-refractivity contribution in [1.82, 2.24) is 4.90 Å². The Kier molecular flexibility index (Phi) is 5.86. The molecule has 84 valence electrons.